The van der Waals surface area contributed by atoms with Crippen LogP contribution in [0, 0.1) is 5.92 Å². The van der Waals surface area contributed by atoms with Crippen LogP contribution in [0.3, 0.4) is 0 Å². The molecule has 32 heavy (non-hydrogen) atoms. The molecule has 1 unspecified atom stereocenters. The number of benzene rings is 3. The normalized spacial score (nSPS) is 15.4. The summed E-state index contributed by atoms with van der Waals surface area (Å²) in [5.74, 6) is -1.32. The molecule has 1 fully saturated rings. The van der Waals surface area contributed by atoms with E-state index in [-0.39, 0.29) is 21.5 Å². The number of alkyl halides is 3. The van der Waals surface area contributed by atoms with Crippen LogP contribution in [-0.4, -0.2) is 12.0 Å². The molecule has 0 spiro atoms. The molecule has 1 aliphatic carbocycles. The predicted octanol–water partition coefficient (Wildman–Crippen LogP) is 8.42. The molecule has 0 heterocycles. The van der Waals surface area contributed by atoms with Crippen molar-refractivity contribution in [1.29, 1.82) is 0 Å². The second kappa shape index (κ2) is 9.29. The van der Waals surface area contributed by atoms with Crippen molar-refractivity contribution in [2.75, 3.05) is 0 Å². The predicted molar refractivity (Wildman–Crippen MR) is 124 cm³/mol. The van der Waals surface area contributed by atoms with Gasteiger partial charge in [0.15, 0.2) is 0 Å². The lowest BCUT2D eigenvalue weighted by molar-refractivity contribution is -0.139. The maximum Gasteiger partial charge on any atom is 0.399 e. The number of carbonyl (C=O) groups excluding carboxylic acids is 1. The molecule has 1 atom stereocenters. The van der Waals surface area contributed by atoms with Gasteiger partial charge in [0.1, 0.15) is 5.78 Å². The van der Waals surface area contributed by atoms with Gasteiger partial charge >= 0.3 is 6.18 Å². The average Bonchev–Trinajstić information content (AvgIpc) is 3.56. The summed E-state index contributed by atoms with van der Waals surface area (Å²) >= 11 is 11.9. The first kappa shape index (κ1) is 22.9. The van der Waals surface area contributed by atoms with Crippen LogP contribution in [0.1, 0.15) is 41.9 Å². The molecule has 0 saturated heterocycles. The number of rotatable bonds is 7. The number of hydrogen-bond donors (Lipinski definition) is 0. The van der Waals surface area contributed by atoms with Crippen LogP contribution < -0.4 is 0 Å². The standard InChI is InChI=1S/C26H21Cl2F3O/c27-20-13-19(14-21(28)15-20)24(26(29,30)31)11-9-16-5-6-17(10-12-25(32)18-7-8-18)23-4-2-1-3-22(16)23/h1-6,9,11,13-15,18,24H,7-8,10,12H2/b11-9+. The molecule has 3 aromatic carbocycles. The molecule has 6 heteroatoms. The van der Waals surface area contributed by atoms with E-state index in [4.69, 9.17) is 23.2 Å². The largest absolute Gasteiger partial charge is 0.399 e. The van der Waals surface area contributed by atoms with E-state index in [2.05, 4.69) is 0 Å². The average molecular weight is 477 g/mol. The minimum atomic E-state index is -4.50. The lowest BCUT2D eigenvalue weighted by Crippen LogP contribution is -2.18. The number of ketones is 1. The Kier molecular flexibility index (Phi) is 6.64. The molecule has 1 aliphatic rings. The molecule has 0 aromatic heterocycles. The third-order valence-electron chi connectivity index (χ3n) is 5.79. The van der Waals surface area contributed by atoms with Gasteiger partial charge in [-0.1, -0.05) is 71.8 Å². The van der Waals surface area contributed by atoms with Crippen LogP contribution in [0.25, 0.3) is 16.8 Å². The van der Waals surface area contributed by atoms with E-state index in [9.17, 15) is 18.0 Å². The van der Waals surface area contributed by atoms with Crippen LogP contribution in [0.15, 0.2) is 60.7 Å². The van der Waals surface area contributed by atoms with Crippen LogP contribution >= 0.6 is 23.2 Å². The van der Waals surface area contributed by atoms with Crippen molar-refractivity contribution in [2.24, 2.45) is 5.92 Å². The third kappa shape index (κ3) is 5.36. The Morgan fingerprint density at radius 3 is 2.28 bits per heavy atom. The van der Waals surface area contributed by atoms with Gasteiger partial charge in [-0.05, 0) is 64.9 Å². The Morgan fingerprint density at radius 1 is 1.00 bits per heavy atom. The first-order valence-corrected chi connectivity index (χ1v) is 11.2. The fraction of sp³-hybridized carbons (Fsp3) is 0.269. The van der Waals surface area contributed by atoms with Crippen molar-refractivity contribution < 1.29 is 18.0 Å². The molecule has 1 nitrogen and oxygen atoms in total. The first-order chi connectivity index (χ1) is 15.2. The van der Waals surface area contributed by atoms with Gasteiger partial charge in [0, 0.05) is 22.4 Å². The van der Waals surface area contributed by atoms with Crippen LogP contribution in [-0.2, 0) is 11.2 Å². The topological polar surface area (TPSA) is 17.1 Å². The number of aryl methyl sites for hydroxylation is 1. The van der Waals surface area contributed by atoms with E-state index in [0.717, 1.165) is 35.3 Å². The molecule has 1 saturated carbocycles. The van der Waals surface area contributed by atoms with Gasteiger partial charge < -0.3 is 0 Å². The smallest absolute Gasteiger partial charge is 0.299 e. The van der Waals surface area contributed by atoms with Gasteiger partial charge in [-0.2, -0.15) is 13.2 Å². The monoisotopic (exact) mass is 476 g/mol. The molecule has 0 radical (unpaired) electrons. The van der Waals surface area contributed by atoms with Crippen LogP contribution in [0.5, 0.6) is 0 Å². The number of hydrogen-bond acceptors (Lipinski definition) is 1. The summed E-state index contributed by atoms with van der Waals surface area (Å²) in [6.45, 7) is 0. The summed E-state index contributed by atoms with van der Waals surface area (Å²) < 4.78 is 41.5. The molecular weight excluding hydrogens is 456 g/mol. The lowest BCUT2D eigenvalue weighted by atomic mass is 9.93. The number of carbonyl (C=O) groups is 1. The molecule has 0 amide bonds. The molecule has 166 valence electrons. The number of Topliss-reactive ketones (excluding diaryl/α,β-unsaturated/α-hetero) is 1. The van der Waals surface area contributed by atoms with Gasteiger partial charge in [0.05, 0.1) is 5.92 Å². The summed E-state index contributed by atoms with van der Waals surface area (Å²) in [5, 5.41) is 2.12. The Morgan fingerprint density at radius 2 is 1.66 bits per heavy atom. The Bertz CT molecular complexity index is 1160. The summed E-state index contributed by atoms with van der Waals surface area (Å²) in [4.78, 5) is 12.1. The van der Waals surface area contributed by atoms with Crippen molar-refractivity contribution in [3.8, 4) is 0 Å². The minimum Gasteiger partial charge on any atom is -0.299 e. The second-order valence-corrected chi connectivity index (χ2v) is 9.05. The SMILES string of the molecule is O=C(CCc1ccc(/C=C/C(c2cc(Cl)cc(Cl)c2)C(F)(F)F)c2ccccc12)C1CC1. The van der Waals surface area contributed by atoms with Crippen molar-refractivity contribution in [3.63, 3.8) is 0 Å². The molecule has 0 aliphatic heterocycles. The minimum absolute atomic E-state index is 0.00855. The third-order valence-corrected chi connectivity index (χ3v) is 6.22. The molecule has 3 aromatic rings. The maximum atomic E-state index is 13.8. The fourth-order valence-corrected chi connectivity index (χ4v) is 4.52. The van der Waals surface area contributed by atoms with E-state index < -0.39 is 12.1 Å². The summed E-state index contributed by atoms with van der Waals surface area (Å²) in [6.07, 6.45) is 1.24. The van der Waals surface area contributed by atoms with Crippen molar-refractivity contribution in [3.05, 3.63) is 87.4 Å². The number of allylic oxidation sites excluding steroid dienone is 1. The highest BCUT2D eigenvalue weighted by atomic mass is 35.5. The van der Waals surface area contributed by atoms with Gasteiger partial charge in [-0.25, -0.2) is 0 Å². The zero-order valence-electron chi connectivity index (χ0n) is 17.1. The molecule has 0 N–H and O–H groups in total. The Labute approximate surface area is 194 Å². The summed E-state index contributed by atoms with van der Waals surface area (Å²) in [6, 6.07) is 15.3. The zero-order valence-corrected chi connectivity index (χ0v) is 18.6. The Hall–Kier alpha value is -2.30. The van der Waals surface area contributed by atoms with Crippen LogP contribution in [0.2, 0.25) is 10.0 Å². The van der Waals surface area contributed by atoms with Gasteiger partial charge in [-0.15, -0.1) is 0 Å². The van der Waals surface area contributed by atoms with Crippen molar-refractivity contribution >= 4 is 45.8 Å². The molecular formula is C26H21Cl2F3O. The summed E-state index contributed by atoms with van der Waals surface area (Å²) in [5.41, 5.74) is 1.70. The zero-order chi connectivity index (χ0) is 22.9. The van der Waals surface area contributed by atoms with E-state index in [0.29, 0.717) is 24.2 Å². The summed E-state index contributed by atoms with van der Waals surface area (Å²) in [7, 11) is 0. The van der Waals surface area contributed by atoms with Gasteiger partial charge in [-0.3, -0.25) is 4.79 Å². The van der Waals surface area contributed by atoms with Crippen molar-refractivity contribution in [2.45, 2.75) is 37.8 Å². The van der Waals surface area contributed by atoms with Gasteiger partial charge in [0.2, 0.25) is 0 Å². The Balaban J connectivity index is 1.66. The highest BCUT2D eigenvalue weighted by molar-refractivity contribution is 6.34. The van der Waals surface area contributed by atoms with Crippen molar-refractivity contribution in [1.82, 2.24) is 0 Å². The van der Waals surface area contributed by atoms with E-state index in [1.807, 2.05) is 36.4 Å². The van der Waals surface area contributed by atoms with Crippen LogP contribution in [0.4, 0.5) is 13.2 Å². The molecule has 0 bridgehead atoms. The highest BCUT2D eigenvalue weighted by Gasteiger charge is 2.39. The second-order valence-electron chi connectivity index (χ2n) is 8.18. The first-order valence-electron chi connectivity index (χ1n) is 10.5. The number of halogens is 5. The van der Waals surface area contributed by atoms with E-state index in [1.165, 1.54) is 24.3 Å². The fourth-order valence-electron chi connectivity index (χ4n) is 3.98. The van der Waals surface area contributed by atoms with E-state index >= 15 is 0 Å². The maximum absolute atomic E-state index is 13.8. The highest BCUT2D eigenvalue weighted by Crippen LogP contribution is 2.39. The van der Waals surface area contributed by atoms with E-state index in [1.54, 1.807) is 0 Å². The quantitative estimate of drug-likeness (QED) is 0.334. The molecule has 4 rings (SSSR count). The van der Waals surface area contributed by atoms with Gasteiger partial charge in [0.25, 0.3) is 0 Å². The number of fused-ring (bicyclic) bond motifs is 1. The lowest BCUT2D eigenvalue weighted by Gasteiger charge is -2.18.